The van der Waals surface area contributed by atoms with Crippen molar-refractivity contribution in [1.29, 1.82) is 0 Å². The lowest BCUT2D eigenvalue weighted by molar-refractivity contribution is 1.06. The van der Waals surface area contributed by atoms with Crippen LogP contribution in [-0.2, 0) is 0 Å². The van der Waals surface area contributed by atoms with E-state index in [4.69, 9.17) is 0 Å². The van der Waals surface area contributed by atoms with Crippen molar-refractivity contribution in [3.05, 3.63) is 193 Å². The van der Waals surface area contributed by atoms with E-state index >= 15 is 0 Å². The van der Waals surface area contributed by atoms with Crippen molar-refractivity contribution >= 4 is 48.8 Å². The Morgan fingerprint density at radius 2 is 1.11 bits per heavy atom. The number of aromatic nitrogens is 1. The molecule has 7 aromatic carbocycles. The molecule has 8 aromatic rings. The van der Waals surface area contributed by atoms with Crippen molar-refractivity contribution in [3.8, 4) is 27.9 Å². The van der Waals surface area contributed by atoms with E-state index < -0.39 is 0 Å². The molecule has 0 aliphatic carbocycles. The highest BCUT2D eigenvalue weighted by atomic mass is 16.1. The molecular weight excluding hydrogens is 571 g/mol. The monoisotopic (exact) mass is 601 g/mol. The third-order valence-corrected chi connectivity index (χ3v) is 9.13. The summed E-state index contributed by atoms with van der Waals surface area (Å²) in [4.78, 5) is 14.4. The Morgan fingerprint density at radius 1 is 0.511 bits per heavy atom. The Kier molecular flexibility index (Phi) is 6.97. The molecule has 2 nitrogen and oxygen atoms in total. The summed E-state index contributed by atoms with van der Waals surface area (Å²) >= 11 is 0. The average Bonchev–Trinajstić information content (AvgIpc) is 3.13. The number of benzene rings is 7. The molecular formula is C45H31NO. The first kappa shape index (κ1) is 28.2. The van der Waals surface area contributed by atoms with E-state index in [-0.39, 0.29) is 5.56 Å². The van der Waals surface area contributed by atoms with Gasteiger partial charge in [0.15, 0.2) is 0 Å². The molecule has 0 unspecified atom stereocenters. The molecule has 0 saturated heterocycles. The highest BCUT2D eigenvalue weighted by Crippen LogP contribution is 2.43. The van der Waals surface area contributed by atoms with Crippen LogP contribution in [0.2, 0.25) is 0 Å². The van der Waals surface area contributed by atoms with Crippen LogP contribution < -0.4 is 5.56 Å². The zero-order valence-corrected chi connectivity index (χ0v) is 25.9. The summed E-state index contributed by atoms with van der Waals surface area (Å²) in [5.41, 5.74) is 8.17. The van der Waals surface area contributed by atoms with Crippen molar-refractivity contribution in [2.24, 2.45) is 0 Å². The molecule has 0 N–H and O–H groups in total. The smallest absolute Gasteiger partial charge is 0.263 e. The lowest BCUT2D eigenvalue weighted by Gasteiger charge is -2.19. The second-order valence-electron chi connectivity index (χ2n) is 11.7. The molecule has 0 aliphatic heterocycles. The molecule has 2 heteroatoms. The molecule has 0 atom stereocenters. The van der Waals surface area contributed by atoms with Gasteiger partial charge < -0.3 is 0 Å². The van der Waals surface area contributed by atoms with Crippen LogP contribution in [0, 0.1) is 0 Å². The van der Waals surface area contributed by atoms with Crippen molar-refractivity contribution < 1.29 is 0 Å². The second-order valence-corrected chi connectivity index (χ2v) is 11.7. The van der Waals surface area contributed by atoms with E-state index in [9.17, 15) is 4.79 Å². The molecule has 1 aromatic heterocycles. The van der Waals surface area contributed by atoms with Crippen LogP contribution in [0.5, 0.6) is 0 Å². The maximum absolute atomic E-state index is 14.4. The van der Waals surface area contributed by atoms with Gasteiger partial charge in [-0.15, -0.1) is 0 Å². The molecule has 0 amide bonds. The zero-order valence-electron chi connectivity index (χ0n) is 25.9. The van der Waals surface area contributed by atoms with E-state index in [1.54, 1.807) is 0 Å². The van der Waals surface area contributed by atoms with Gasteiger partial charge in [0.05, 0.1) is 5.52 Å². The summed E-state index contributed by atoms with van der Waals surface area (Å²) in [5, 5.41) is 7.23. The Morgan fingerprint density at radius 3 is 1.77 bits per heavy atom. The van der Waals surface area contributed by atoms with E-state index in [1.165, 1.54) is 0 Å². The maximum Gasteiger partial charge on any atom is 0.263 e. The number of pyridine rings is 1. The summed E-state index contributed by atoms with van der Waals surface area (Å²) in [6, 6.07) is 50.1. The number of allylic oxidation sites excluding steroid dienone is 4. The summed E-state index contributed by atoms with van der Waals surface area (Å²) < 4.78 is 1.88. The van der Waals surface area contributed by atoms with E-state index in [0.717, 1.165) is 76.9 Å². The third kappa shape index (κ3) is 4.62. The number of nitrogens with zero attached hydrogens (tertiary/aromatic N) is 1. The summed E-state index contributed by atoms with van der Waals surface area (Å²) in [6.45, 7) is 8.09. The van der Waals surface area contributed by atoms with Crippen LogP contribution in [-0.4, -0.2) is 4.57 Å². The van der Waals surface area contributed by atoms with Crippen LogP contribution >= 0.6 is 0 Å². The zero-order chi connectivity index (χ0) is 31.9. The Hall–Kier alpha value is -6.25. The maximum atomic E-state index is 14.4. The number of hydrogen-bond acceptors (Lipinski definition) is 1. The van der Waals surface area contributed by atoms with Gasteiger partial charge in [0.1, 0.15) is 0 Å². The molecule has 0 bridgehead atoms. The minimum absolute atomic E-state index is 0.0364. The van der Waals surface area contributed by atoms with Crippen LogP contribution in [0.4, 0.5) is 0 Å². The fourth-order valence-corrected chi connectivity index (χ4v) is 7.08. The lowest BCUT2D eigenvalue weighted by atomic mass is 9.85. The molecule has 0 radical (unpaired) electrons. The topological polar surface area (TPSA) is 22.0 Å². The molecule has 0 aliphatic rings. The van der Waals surface area contributed by atoms with E-state index in [1.807, 2.05) is 77.4 Å². The van der Waals surface area contributed by atoms with Gasteiger partial charge in [-0.1, -0.05) is 153 Å². The fraction of sp³-hybridized carbons (Fsp3) is 0. The van der Waals surface area contributed by atoms with Gasteiger partial charge in [0.2, 0.25) is 0 Å². The van der Waals surface area contributed by atoms with Crippen molar-refractivity contribution in [1.82, 2.24) is 4.57 Å². The summed E-state index contributed by atoms with van der Waals surface area (Å²) in [5.74, 6) is 0. The van der Waals surface area contributed by atoms with Crippen LogP contribution in [0.15, 0.2) is 182 Å². The number of rotatable bonds is 6. The second kappa shape index (κ2) is 11.6. The Balaban J connectivity index is 1.48. The summed E-state index contributed by atoms with van der Waals surface area (Å²) in [7, 11) is 0. The SMILES string of the molecule is C=C/C=C(\C=C)c1c2ccccc2c(-c2ccc3c4ccccc4c(=O)n(-c4cccc(-c5ccccc5)c4)c3c2)c2ccccc12. The van der Waals surface area contributed by atoms with E-state index in [2.05, 4.69) is 104 Å². The summed E-state index contributed by atoms with van der Waals surface area (Å²) in [6.07, 6.45) is 5.73. The third-order valence-electron chi connectivity index (χ3n) is 9.13. The Bertz CT molecular complexity index is 2560. The van der Waals surface area contributed by atoms with Crippen LogP contribution in [0.25, 0.3) is 76.7 Å². The van der Waals surface area contributed by atoms with Crippen LogP contribution in [0.1, 0.15) is 5.56 Å². The van der Waals surface area contributed by atoms with E-state index in [0.29, 0.717) is 5.39 Å². The molecule has 1 heterocycles. The number of hydrogen-bond donors (Lipinski definition) is 0. The number of fused-ring (bicyclic) bond motifs is 5. The van der Waals surface area contributed by atoms with Crippen LogP contribution in [0.3, 0.4) is 0 Å². The van der Waals surface area contributed by atoms with Gasteiger partial charge in [-0.05, 0) is 84.6 Å². The molecule has 222 valence electrons. The van der Waals surface area contributed by atoms with Crippen molar-refractivity contribution in [2.45, 2.75) is 0 Å². The van der Waals surface area contributed by atoms with Gasteiger partial charge in [0.25, 0.3) is 5.56 Å². The average molecular weight is 602 g/mol. The highest BCUT2D eigenvalue weighted by Gasteiger charge is 2.19. The molecule has 0 spiro atoms. The first-order valence-electron chi connectivity index (χ1n) is 15.8. The fourth-order valence-electron chi connectivity index (χ4n) is 7.08. The van der Waals surface area contributed by atoms with Crippen molar-refractivity contribution in [2.75, 3.05) is 0 Å². The van der Waals surface area contributed by atoms with Gasteiger partial charge in [0, 0.05) is 16.5 Å². The van der Waals surface area contributed by atoms with Crippen molar-refractivity contribution in [3.63, 3.8) is 0 Å². The lowest BCUT2D eigenvalue weighted by Crippen LogP contribution is -2.19. The molecule has 0 saturated carbocycles. The van der Waals surface area contributed by atoms with Gasteiger partial charge in [-0.2, -0.15) is 0 Å². The predicted octanol–water partition coefficient (Wildman–Crippen LogP) is 11.5. The first-order valence-corrected chi connectivity index (χ1v) is 15.8. The largest absolute Gasteiger partial charge is 0.276 e. The van der Waals surface area contributed by atoms with Gasteiger partial charge in [-0.25, -0.2) is 0 Å². The van der Waals surface area contributed by atoms with Gasteiger partial charge in [-0.3, -0.25) is 9.36 Å². The normalized spacial score (nSPS) is 11.8. The molecule has 0 fully saturated rings. The minimum atomic E-state index is -0.0364. The first-order chi connectivity index (χ1) is 23.2. The quantitative estimate of drug-likeness (QED) is 0.106. The standard InChI is InChI=1S/C45H31NO/c1-3-15-30(4-2)43-37-21-9-11-23-39(37)44(40-24-12-10-22-38(40)43)33-26-27-36-35-20-8-13-25-41(35)45(47)46(42(36)29-33)34-19-14-18-32(28-34)31-16-6-5-7-17-31/h3-29H,1-2H2/b30-15+. The van der Waals surface area contributed by atoms with Gasteiger partial charge >= 0.3 is 0 Å². The highest BCUT2D eigenvalue weighted by molar-refractivity contribution is 6.20. The Labute approximate surface area is 273 Å². The minimum Gasteiger partial charge on any atom is -0.276 e. The molecule has 47 heavy (non-hydrogen) atoms. The molecule has 8 rings (SSSR count). The predicted molar refractivity (Wildman–Crippen MR) is 201 cm³/mol.